The quantitative estimate of drug-likeness (QED) is 0.161. The van der Waals surface area contributed by atoms with Gasteiger partial charge in [0.2, 0.25) is 15.9 Å². The molecule has 1 aliphatic rings. The second-order valence-corrected chi connectivity index (χ2v) is 13.8. The molecular weight excluding hydrogens is 675 g/mol. The van der Waals surface area contributed by atoms with Crippen LogP contribution in [0.1, 0.15) is 40.2 Å². The molecule has 0 aliphatic carbocycles. The molecule has 3 N–H and O–H groups in total. The molecule has 2 heterocycles. The molecule has 3 aromatic carbocycles. The van der Waals surface area contributed by atoms with E-state index in [9.17, 15) is 18.0 Å². The fourth-order valence-electron chi connectivity index (χ4n) is 5.31. The minimum Gasteiger partial charge on any atom is -0.439 e. The predicted molar refractivity (Wildman–Crippen MR) is 192 cm³/mol. The Labute approximate surface area is 292 Å². The number of sulfonamides is 1. The summed E-state index contributed by atoms with van der Waals surface area (Å²) < 4.78 is 31.0. The fraction of sp³-hybridized carbons (Fsp3) is 0.265. The number of likely N-dealkylation sites (tertiary alicyclic amines) is 1. The van der Waals surface area contributed by atoms with Gasteiger partial charge in [-0.2, -0.15) is 0 Å². The highest BCUT2D eigenvalue weighted by Crippen LogP contribution is 2.30. The molecule has 1 aliphatic heterocycles. The van der Waals surface area contributed by atoms with Gasteiger partial charge in [-0.15, -0.1) is 12.4 Å². The van der Waals surface area contributed by atoms with Crippen molar-refractivity contribution >= 4 is 63.0 Å². The number of ether oxygens (including phenoxy) is 1. The Hall–Kier alpha value is -4.36. The number of nitrogens with zero attached hydrogens (tertiary/aromatic N) is 3. The summed E-state index contributed by atoms with van der Waals surface area (Å²) in [6.07, 6.45) is 4.97. The van der Waals surface area contributed by atoms with Crippen molar-refractivity contribution in [3.63, 3.8) is 0 Å². The molecule has 254 valence electrons. The van der Waals surface area contributed by atoms with Crippen molar-refractivity contribution in [3.8, 4) is 11.6 Å². The number of carbonyl (C=O) groups is 2. The zero-order chi connectivity index (χ0) is 33.6. The molecule has 14 heteroatoms. The number of hydrogen-bond donors (Lipinski definition) is 3. The number of hydrogen-bond acceptors (Lipinski definition) is 7. The van der Waals surface area contributed by atoms with Crippen molar-refractivity contribution in [1.82, 2.24) is 14.8 Å². The first-order valence-electron chi connectivity index (χ1n) is 15.0. The lowest BCUT2D eigenvalue weighted by atomic mass is 9.89. The number of pyridine rings is 1. The zero-order valence-electron chi connectivity index (χ0n) is 26.8. The Bertz CT molecular complexity index is 1810. The maximum Gasteiger partial charge on any atom is 0.323 e. The van der Waals surface area contributed by atoms with Crippen LogP contribution >= 0.6 is 24.0 Å². The predicted octanol–water partition coefficient (Wildman–Crippen LogP) is 7.05. The van der Waals surface area contributed by atoms with Gasteiger partial charge in [0.25, 0.3) is 5.91 Å². The molecule has 11 nitrogen and oxygen atoms in total. The molecule has 0 atom stereocenters. The first-order chi connectivity index (χ1) is 22.4. The highest BCUT2D eigenvalue weighted by Gasteiger charge is 2.21. The van der Waals surface area contributed by atoms with Gasteiger partial charge in [0.15, 0.2) is 0 Å². The summed E-state index contributed by atoms with van der Waals surface area (Å²) in [6, 6.07) is 22.8. The monoisotopic (exact) mass is 712 g/mol. The van der Waals surface area contributed by atoms with E-state index in [-0.39, 0.29) is 18.3 Å². The van der Waals surface area contributed by atoms with E-state index < -0.39 is 16.1 Å². The number of carbonyl (C=O) groups excluding carboxylic acids is 2. The third-order valence-corrected chi connectivity index (χ3v) is 8.61. The molecule has 4 aromatic rings. The SMILES string of the molecule is CN(C)C(=O)c1cc(NC(=O)Nc2ccc(C3CCN(Cc4ccc(Oc5ccc(NS(C)(=O)=O)cc5)nc4)CC3)cc2)ccc1Cl.Cl. The molecule has 48 heavy (non-hydrogen) atoms. The molecule has 0 unspecified atom stereocenters. The van der Waals surface area contributed by atoms with E-state index in [2.05, 4.69) is 37.4 Å². The highest BCUT2D eigenvalue weighted by atomic mass is 35.5. The van der Waals surface area contributed by atoms with Crippen LogP contribution in [0.15, 0.2) is 85.1 Å². The minimum atomic E-state index is -3.33. The van der Waals surface area contributed by atoms with E-state index in [1.54, 1.807) is 56.6 Å². The Morgan fingerprint density at radius 1 is 0.917 bits per heavy atom. The Kier molecular flexibility index (Phi) is 12.3. The number of nitrogens with one attached hydrogen (secondary N) is 3. The lowest BCUT2D eigenvalue weighted by Gasteiger charge is -2.32. The van der Waals surface area contributed by atoms with Crippen LogP contribution in [0.2, 0.25) is 5.02 Å². The first kappa shape index (κ1) is 36.5. The molecule has 3 amide bonds. The average Bonchev–Trinajstić information content (AvgIpc) is 3.03. The van der Waals surface area contributed by atoms with Gasteiger partial charge >= 0.3 is 6.03 Å². The second-order valence-electron chi connectivity index (χ2n) is 11.7. The Morgan fingerprint density at radius 3 is 2.15 bits per heavy atom. The van der Waals surface area contributed by atoms with Crippen LogP contribution in [-0.4, -0.2) is 68.6 Å². The van der Waals surface area contributed by atoms with Gasteiger partial charge in [-0.05, 0) is 97.6 Å². The molecule has 1 aromatic heterocycles. The number of benzene rings is 3. The molecule has 1 saturated heterocycles. The molecule has 0 spiro atoms. The highest BCUT2D eigenvalue weighted by molar-refractivity contribution is 7.92. The van der Waals surface area contributed by atoms with Gasteiger partial charge in [0.1, 0.15) is 5.75 Å². The fourth-order valence-corrected chi connectivity index (χ4v) is 6.08. The summed E-state index contributed by atoms with van der Waals surface area (Å²) >= 11 is 6.17. The molecule has 0 radical (unpaired) electrons. The number of piperidine rings is 1. The lowest BCUT2D eigenvalue weighted by molar-refractivity contribution is 0.0827. The van der Waals surface area contributed by atoms with Crippen molar-refractivity contribution < 1.29 is 22.7 Å². The number of aromatic nitrogens is 1. The summed E-state index contributed by atoms with van der Waals surface area (Å²) in [4.78, 5) is 33.2. The number of halogens is 2. The van der Waals surface area contributed by atoms with Crippen molar-refractivity contribution in [2.75, 3.05) is 48.8 Å². The number of rotatable bonds is 10. The summed E-state index contributed by atoms with van der Waals surface area (Å²) in [5.74, 6) is 1.21. The maximum atomic E-state index is 12.6. The van der Waals surface area contributed by atoms with E-state index in [1.165, 1.54) is 10.5 Å². The number of amides is 3. The van der Waals surface area contributed by atoms with Crippen LogP contribution in [0.4, 0.5) is 21.9 Å². The van der Waals surface area contributed by atoms with Crippen LogP contribution in [0.3, 0.4) is 0 Å². The average molecular weight is 714 g/mol. The van der Waals surface area contributed by atoms with Gasteiger partial charge in [-0.25, -0.2) is 18.2 Å². The number of anilines is 3. The van der Waals surface area contributed by atoms with E-state index in [0.717, 1.165) is 44.3 Å². The van der Waals surface area contributed by atoms with Crippen LogP contribution in [0.25, 0.3) is 0 Å². The van der Waals surface area contributed by atoms with Gasteiger partial charge in [-0.1, -0.05) is 29.8 Å². The summed E-state index contributed by atoms with van der Waals surface area (Å²) in [5, 5.41) is 5.93. The third kappa shape index (κ3) is 10.3. The van der Waals surface area contributed by atoms with Crippen LogP contribution < -0.4 is 20.1 Å². The van der Waals surface area contributed by atoms with Crippen LogP contribution in [0, 0.1) is 0 Å². The van der Waals surface area contributed by atoms with E-state index in [4.69, 9.17) is 16.3 Å². The van der Waals surface area contributed by atoms with Crippen LogP contribution in [-0.2, 0) is 16.6 Å². The van der Waals surface area contributed by atoms with Crippen molar-refractivity contribution in [3.05, 3.63) is 107 Å². The normalized spacial score (nSPS) is 13.6. The molecule has 0 bridgehead atoms. The lowest BCUT2D eigenvalue weighted by Crippen LogP contribution is -2.32. The minimum absolute atomic E-state index is 0. The maximum absolute atomic E-state index is 12.6. The molecule has 0 saturated carbocycles. The van der Waals surface area contributed by atoms with Gasteiger partial charge in [-0.3, -0.25) is 14.4 Å². The number of urea groups is 1. The second kappa shape index (κ2) is 16.2. The summed E-state index contributed by atoms with van der Waals surface area (Å²) in [7, 11) is -0.0504. The summed E-state index contributed by atoms with van der Waals surface area (Å²) in [5.41, 5.74) is 4.25. The van der Waals surface area contributed by atoms with Gasteiger partial charge in [0.05, 0.1) is 16.8 Å². The van der Waals surface area contributed by atoms with E-state index in [0.29, 0.717) is 45.2 Å². The van der Waals surface area contributed by atoms with Crippen molar-refractivity contribution in [2.24, 2.45) is 0 Å². The van der Waals surface area contributed by atoms with Gasteiger partial charge in [0, 0.05) is 50.0 Å². The third-order valence-electron chi connectivity index (χ3n) is 7.67. The Morgan fingerprint density at radius 2 is 1.54 bits per heavy atom. The molecule has 5 rings (SSSR count). The van der Waals surface area contributed by atoms with Crippen molar-refractivity contribution in [2.45, 2.75) is 25.3 Å². The largest absolute Gasteiger partial charge is 0.439 e. The zero-order valence-corrected chi connectivity index (χ0v) is 29.2. The van der Waals surface area contributed by atoms with Gasteiger partial charge < -0.3 is 20.3 Å². The van der Waals surface area contributed by atoms with Crippen molar-refractivity contribution in [1.29, 1.82) is 0 Å². The summed E-state index contributed by atoms with van der Waals surface area (Å²) in [6.45, 7) is 2.71. The topological polar surface area (TPSA) is 133 Å². The first-order valence-corrected chi connectivity index (χ1v) is 17.3. The van der Waals surface area contributed by atoms with Crippen LogP contribution in [0.5, 0.6) is 11.6 Å². The van der Waals surface area contributed by atoms with E-state index in [1.807, 2.05) is 30.5 Å². The standard InChI is InChI=1S/C34H37ClN6O5S.ClH/c1-40(2)33(42)30-20-28(11-14-31(30)35)38-34(43)37-26-7-5-24(6-8-26)25-16-18-41(19-17-25)22-23-4-15-32(36-21-23)46-29-12-9-27(10-13-29)39-47(3,44)45;/h4-15,20-21,25,39H,16-19,22H2,1-3H3,(H2,37,38,43);1H. The smallest absolute Gasteiger partial charge is 0.323 e. The molecular formula is C34H38Cl2N6O5S. The van der Waals surface area contributed by atoms with E-state index >= 15 is 0 Å². The molecule has 1 fully saturated rings. The Balaban J connectivity index is 0.00000520.